The van der Waals surface area contributed by atoms with Crippen LogP contribution in [0.4, 0.5) is 0 Å². The molecule has 1 saturated carbocycles. The molecular weight excluding hydrogens is 474 g/mol. The van der Waals surface area contributed by atoms with E-state index >= 15 is 0 Å². The minimum Gasteiger partial charge on any atom is -0.201 e. The number of hydrogen-bond donors (Lipinski definition) is 0. The van der Waals surface area contributed by atoms with Crippen LogP contribution in [0, 0.1) is 6.92 Å². The van der Waals surface area contributed by atoms with Gasteiger partial charge >= 0.3 is 0 Å². The van der Waals surface area contributed by atoms with Crippen molar-refractivity contribution in [3.63, 3.8) is 0 Å². The lowest BCUT2D eigenvalue weighted by Crippen LogP contribution is -2.67. The van der Waals surface area contributed by atoms with Gasteiger partial charge in [-0.3, -0.25) is 0 Å². The minimum absolute atomic E-state index is 0.230. The molecule has 2 aliphatic heterocycles. The summed E-state index contributed by atoms with van der Waals surface area (Å²) >= 11 is 0. The lowest BCUT2D eigenvalue weighted by molar-refractivity contribution is -0.660. The second-order valence-corrected chi connectivity index (χ2v) is 16.6. The molecule has 0 bridgehead atoms. The van der Waals surface area contributed by atoms with Gasteiger partial charge in [-0.2, -0.15) is 0 Å². The van der Waals surface area contributed by atoms with Crippen molar-refractivity contribution in [3.8, 4) is 22.4 Å². The van der Waals surface area contributed by atoms with Crippen LogP contribution in [0.25, 0.3) is 22.4 Å². The van der Waals surface area contributed by atoms with E-state index in [9.17, 15) is 0 Å². The Bertz CT molecular complexity index is 1500. The molecule has 3 aliphatic rings. The van der Waals surface area contributed by atoms with Gasteiger partial charge in [0.2, 0.25) is 5.69 Å². The van der Waals surface area contributed by atoms with Crippen LogP contribution in [-0.2, 0) is 12.5 Å². The minimum atomic E-state index is -1.79. The van der Waals surface area contributed by atoms with Crippen LogP contribution in [0.1, 0.15) is 68.1 Å². The lowest BCUT2D eigenvalue weighted by Gasteiger charge is -2.51. The molecule has 4 aromatic rings. The summed E-state index contributed by atoms with van der Waals surface area (Å²) in [6, 6.07) is 33.9. The molecule has 38 heavy (non-hydrogen) atoms. The fourth-order valence-electron chi connectivity index (χ4n) is 8.41. The van der Waals surface area contributed by atoms with Crippen LogP contribution in [0.2, 0.25) is 12.1 Å². The Morgan fingerprint density at radius 2 is 1.34 bits per heavy atom. The maximum atomic E-state index is 2.69. The summed E-state index contributed by atoms with van der Waals surface area (Å²) in [5, 5.41) is 3.59. The molecule has 3 aromatic carbocycles. The van der Waals surface area contributed by atoms with E-state index in [1.54, 1.807) is 21.5 Å². The van der Waals surface area contributed by atoms with Gasteiger partial charge in [0.1, 0.15) is 15.1 Å². The summed E-state index contributed by atoms with van der Waals surface area (Å²) in [7, 11) is 0.385. The second-order valence-electron chi connectivity index (χ2n) is 12.3. The Hall–Kier alpha value is -2.97. The van der Waals surface area contributed by atoms with Crippen molar-refractivity contribution in [1.82, 2.24) is 0 Å². The molecule has 1 nitrogen and oxygen atoms in total. The quantitative estimate of drug-likeness (QED) is 0.193. The monoisotopic (exact) mass is 514 g/mol. The Labute approximate surface area is 229 Å². The zero-order valence-electron chi connectivity index (χ0n) is 23.1. The third-order valence-electron chi connectivity index (χ3n) is 10.3. The van der Waals surface area contributed by atoms with Crippen LogP contribution in [0.15, 0.2) is 85.1 Å². The van der Waals surface area contributed by atoms with E-state index in [1.165, 1.54) is 91.4 Å². The van der Waals surface area contributed by atoms with Crippen molar-refractivity contribution in [2.75, 3.05) is 0 Å². The summed E-state index contributed by atoms with van der Waals surface area (Å²) in [5.41, 5.74) is 10.4. The van der Waals surface area contributed by atoms with E-state index in [-0.39, 0.29) is 5.41 Å². The standard InChI is InChI=1S/C36H40NSi/c1-27-13-5-6-14-30(27)33-25-29(19-22-37(33)2)28-17-18-32-35(26-28)38(23-11-4-12-24-38)34-16-8-7-15-31(34)36(32)20-9-3-10-21-36/h5-8,13-19,22,25-26H,3-4,9-12,20-21,23-24H2,1-2H3/q+1. The van der Waals surface area contributed by atoms with Gasteiger partial charge in [0.05, 0.1) is 0 Å². The number of fused-ring (bicyclic) bond motifs is 6. The van der Waals surface area contributed by atoms with Crippen molar-refractivity contribution < 1.29 is 4.57 Å². The smallest absolute Gasteiger partial charge is 0.201 e. The van der Waals surface area contributed by atoms with Crippen LogP contribution in [0.5, 0.6) is 0 Å². The van der Waals surface area contributed by atoms with Gasteiger partial charge < -0.3 is 0 Å². The van der Waals surface area contributed by atoms with Gasteiger partial charge in [-0.05, 0) is 70.9 Å². The Balaban J connectivity index is 1.44. The molecule has 1 aromatic heterocycles. The highest BCUT2D eigenvalue weighted by Gasteiger charge is 2.51. The van der Waals surface area contributed by atoms with Crippen molar-refractivity contribution >= 4 is 18.4 Å². The molecular formula is C36H40NSi+. The van der Waals surface area contributed by atoms with Crippen molar-refractivity contribution in [2.45, 2.75) is 75.8 Å². The maximum Gasteiger partial charge on any atom is 0.213 e. The highest BCUT2D eigenvalue weighted by atomic mass is 28.3. The maximum absolute atomic E-state index is 2.69. The Morgan fingerprint density at radius 3 is 2.16 bits per heavy atom. The molecule has 7 rings (SSSR count). The van der Waals surface area contributed by atoms with Crippen molar-refractivity contribution in [3.05, 3.63) is 102 Å². The summed E-state index contributed by atoms with van der Waals surface area (Å²) in [6.45, 7) is 2.22. The predicted octanol–water partition coefficient (Wildman–Crippen LogP) is 7.46. The summed E-state index contributed by atoms with van der Waals surface area (Å²) in [5.74, 6) is 0. The van der Waals surface area contributed by atoms with E-state index in [0.717, 1.165) is 0 Å². The first-order chi connectivity index (χ1) is 18.6. The zero-order chi connectivity index (χ0) is 25.7. The van der Waals surface area contributed by atoms with Crippen molar-refractivity contribution in [2.24, 2.45) is 7.05 Å². The Kier molecular flexibility index (Phi) is 5.92. The van der Waals surface area contributed by atoms with E-state index in [1.807, 2.05) is 0 Å². The van der Waals surface area contributed by atoms with Gasteiger partial charge in [0.15, 0.2) is 6.20 Å². The topological polar surface area (TPSA) is 3.88 Å². The molecule has 1 aliphatic carbocycles. The largest absolute Gasteiger partial charge is 0.213 e. The molecule has 2 heteroatoms. The van der Waals surface area contributed by atoms with Crippen molar-refractivity contribution in [1.29, 1.82) is 0 Å². The van der Waals surface area contributed by atoms with Gasteiger partial charge in [-0.25, -0.2) is 4.57 Å². The fraction of sp³-hybridized carbons (Fsp3) is 0.361. The lowest BCUT2D eigenvalue weighted by atomic mass is 9.65. The normalized spacial score (nSPS) is 19.2. The molecule has 3 heterocycles. The first-order valence-corrected chi connectivity index (χ1v) is 17.3. The highest BCUT2D eigenvalue weighted by molar-refractivity contribution is 7.03. The third-order valence-corrected chi connectivity index (χ3v) is 15.7. The number of aryl methyl sites for hydroxylation is 2. The summed E-state index contributed by atoms with van der Waals surface area (Å²) < 4.78 is 2.27. The van der Waals surface area contributed by atoms with E-state index in [4.69, 9.17) is 0 Å². The van der Waals surface area contributed by atoms with Crippen LogP contribution in [0.3, 0.4) is 0 Å². The summed E-state index contributed by atoms with van der Waals surface area (Å²) in [6.07, 6.45) is 13.2. The average Bonchev–Trinajstić information content (AvgIpc) is 2.98. The van der Waals surface area contributed by atoms with E-state index in [2.05, 4.69) is 104 Å². The molecule has 0 unspecified atom stereocenters. The van der Waals surface area contributed by atoms with E-state index < -0.39 is 8.07 Å². The van der Waals surface area contributed by atoms with Gasteiger partial charge in [0, 0.05) is 23.1 Å². The van der Waals surface area contributed by atoms with Gasteiger partial charge in [0.25, 0.3) is 0 Å². The second kappa shape index (κ2) is 9.34. The molecule has 1 saturated heterocycles. The molecule has 192 valence electrons. The van der Waals surface area contributed by atoms with E-state index in [0.29, 0.717) is 0 Å². The molecule has 0 radical (unpaired) electrons. The van der Waals surface area contributed by atoms with Crippen LogP contribution >= 0.6 is 0 Å². The number of pyridine rings is 1. The first-order valence-electron chi connectivity index (χ1n) is 14.9. The van der Waals surface area contributed by atoms with Crippen LogP contribution < -0.4 is 14.9 Å². The number of nitrogens with zero attached hydrogens (tertiary/aromatic N) is 1. The Morgan fingerprint density at radius 1 is 0.658 bits per heavy atom. The SMILES string of the molecule is Cc1ccccc1-c1cc(-c2ccc3c(c2)[Si]2(CCCCC2)c2ccccc2C32CCCCC2)cc[n+]1C. The number of benzene rings is 3. The molecule has 0 N–H and O–H groups in total. The zero-order valence-corrected chi connectivity index (χ0v) is 24.1. The number of hydrogen-bond acceptors (Lipinski definition) is 0. The van der Waals surface area contributed by atoms with Crippen LogP contribution in [-0.4, -0.2) is 8.07 Å². The fourth-order valence-corrected chi connectivity index (χ4v) is 14.3. The predicted molar refractivity (Wildman–Crippen MR) is 162 cm³/mol. The number of aromatic nitrogens is 1. The number of rotatable bonds is 2. The van der Waals surface area contributed by atoms with Gasteiger partial charge in [-0.15, -0.1) is 0 Å². The average molecular weight is 515 g/mol. The third kappa shape index (κ3) is 3.60. The molecule has 2 spiro atoms. The first kappa shape index (κ1) is 24.1. The van der Waals surface area contributed by atoms with Gasteiger partial charge in [-0.1, -0.05) is 104 Å². The summed E-state index contributed by atoms with van der Waals surface area (Å²) in [4.78, 5) is 0. The highest BCUT2D eigenvalue weighted by Crippen LogP contribution is 2.49. The molecule has 2 fully saturated rings. The molecule has 0 atom stereocenters. The molecule has 0 amide bonds.